The molecule has 1 atom stereocenters. The number of halogens is 3. The molecule has 2 heterocycles. The molecule has 0 aliphatic rings. The molecule has 0 fully saturated rings. The number of hydrogen-bond donors (Lipinski definition) is 1. The van der Waals surface area contributed by atoms with Crippen molar-refractivity contribution in [3.05, 3.63) is 70.8 Å². The molecule has 1 unspecified atom stereocenters. The molecule has 0 aliphatic heterocycles. The molecule has 0 spiro atoms. The Morgan fingerprint density at radius 3 is 2.47 bits per heavy atom. The van der Waals surface area contributed by atoms with E-state index in [1.807, 2.05) is 0 Å². The fourth-order valence-corrected chi connectivity index (χ4v) is 2.63. The van der Waals surface area contributed by atoms with E-state index in [2.05, 4.69) is 15.4 Å². The Hall–Kier alpha value is -3.69. The number of rotatable bonds is 5. The molecule has 2 aromatic heterocycles. The number of nitrogens with zero attached hydrogens (tertiary/aromatic N) is 3. The summed E-state index contributed by atoms with van der Waals surface area (Å²) < 4.78 is 44.1. The molecule has 7 nitrogen and oxygen atoms in total. The van der Waals surface area contributed by atoms with Crippen LogP contribution in [0.4, 0.5) is 18.9 Å². The van der Waals surface area contributed by atoms with Gasteiger partial charge < -0.3 is 10.1 Å². The zero-order valence-corrected chi connectivity index (χ0v) is 16.0. The third kappa shape index (κ3) is 4.65. The van der Waals surface area contributed by atoms with Crippen molar-refractivity contribution >= 4 is 11.6 Å². The number of benzene rings is 1. The first-order valence-electron chi connectivity index (χ1n) is 8.76. The SMILES string of the molecule is COc1cncc(-c2ccc(=O)n(C(C)C(=O)Nc3ccc(C(F)(F)F)cc3)n2)c1. The Kier molecular flexibility index (Phi) is 5.86. The van der Waals surface area contributed by atoms with Gasteiger partial charge in [0.1, 0.15) is 11.8 Å². The van der Waals surface area contributed by atoms with Gasteiger partial charge in [-0.2, -0.15) is 18.3 Å². The Balaban J connectivity index is 1.82. The Bertz CT molecular complexity index is 1110. The molecular formula is C20H17F3N4O3. The molecule has 0 bridgehead atoms. The lowest BCUT2D eigenvalue weighted by Crippen LogP contribution is -2.33. The van der Waals surface area contributed by atoms with E-state index < -0.39 is 29.2 Å². The van der Waals surface area contributed by atoms with Gasteiger partial charge in [-0.25, -0.2) is 4.68 Å². The summed E-state index contributed by atoms with van der Waals surface area (Å²) in [7, 11) is 1.49. The predicted octanol–water partition coefficient (Wildman–Crippen LogP) is 3.53. The van der Waals surface area contributed by atoms with Gasteiger partial charge in [0.25, 0.3) is 5.56 Å². The highest BCUT2D eigenvalue weighted by molar-refractivity contribution is 5.93. The number of methoxy groups -OCH3 is 1. The fourth-order valence-electron chi connectivity index (χ4n) is 2.63. The first-order chi connectivity index (χ1) is 14.2. The number of ether oxygens (including phenoxy) is 1. The third-order valence-corrected chi connectivity index (χ3v) is 4.30. The topological polar surface area (TPSA) is 86.1 Å². The minimum Gasteiger partial charge on any atom is -0.495 e. The van der Waals surface area contributed by atoms with Crippen LogP contribution in [0.5, 0.6) is 5.75 Å². The monoisotopic (exact) mass is 418 g/mol. The largest absolute Gasteiger partial charge is 0.495 e. The Labute approximate surface area is 169 Å². The van der Waals surface area contributed by atoms with Gasteiger partial charge in [0, 0.05) is 23.5 Å². The smallest absolute Gasteiger partial charge is 0.416 e. The number of amides is 1. The number of carbonyl (C=O) groups excluding carboxylic acids is 1. The van der Waals surface area contributed by atoms with Crippen molar-refractivity contribution in [3.63, 3.8) is 0 Å². The van der Waals surface area contributed by atoms with E-state index in [9.17, 15) is 22.8 Å². The molecule has 10 heteroatoms. The van der Waals surface area contributed by atoms with E-state index in [4.69, 9.17) is 4.74 Å². The summed E-state index contributed by atoms with van der Waals surface area (Å²) in [6.07, 6.45) is -1.42. The minimum atomic E-state index is -4.47. The number of carbonyl (C=O) groups is 1. The molecule has 0 saturated carbocycles. The van der Waals surface area contributed by atoms with E-state index in [1.165, 1.54) is 38.6 Å². The van der Waals surface area contributed by atoms with Gasteiger partial charge >= 0.3 is 6.18 Å². The number of aromatic nitrogens is 3. The maximum absolute atomic E-state index is 12.7. The van der Waals surface area contributed by atoms with Crippen molar-refractivity contribution in [2.45, 2.75) is 19.1 Å². The quantitative estimate of drug-likeness (QED) is 0.685. The van der Waals surface area contributed by atoms with Crippen LogP contribution >= 0.6 is 0 Å². The third-order valence-electron chi connectivity index (χ3n) is 4.30. The normalized spacial score (nSPS) is 12.3. The van der Waals surface area contributed by atoms with Gasteiger partial charge in [-0.1, -0.05) is 0 Å². The van der Waals surface area contributed by atoms with Crippen molar-refractivity contribution in [2.24, 2.45) is 0 Å². The molecule has 0 aliphatic carbocycles. The van der Waals surface area contributed by atoms with Crippen LogP contribution in [0.2, 0.25) is 0 Å². The Morgan fingerprint density at radius 1 is 1.13 bits per heavy atom. The molecule has 0 radical (unpaired) electrons. The van der Waals surface area contributed by atoms with Gasteiger partial charge in [-0.05, 0) is 43.3 Å². The zero-order chi connectivity index (χ0) is 21.9. The summed E-state index contributed by atoms with van der Waals surface area (Å²) in [5.74, 6) is -0.106. The second-order valence-electron chi connectivity index (χ2n) is 6.36. The number of pyridine rings is 1. The van der Waals surface area contributed by atoms with Gasteiger partial charge in [0.15, 0.2) is 0 Å². The molecule has 3 aromatic rings. The lowest BCUT2D eigenvalue weighted by Gasteiger charge is -2.15. The van der Waals surface area contributed by atoms with E-state index in [1.54, 1.807) is 6.07 Å². The second kappa shape index (κ2) is 8.36. The van der Waals surface area contributed by atoms with Crippen LogP contribution < -0.4 is 15.6 Å². The van der Waals surface area contributed by atoms with E-state index >= 15 is 0 Å². The summed E-state index contributed by atoms with van der Waals surface area (Å²) in [5, 5.41) is 6.71. The van der Waals surface area contributed by atoms with E-state index in [0.717, 1.165) is 28.9 Å². The van der Waals surface area contributed by atoms with E-state index in [0.29, 0.717) is 17.0 Å². The summed E-state index contributed by atoms with van der Waals surface area (Å²) in [4.78, 5) is 28.8. The van der Waals surface area contributed by atoms with Crippen molar-refractivity contribution < 1.29 is 22.7 Å². The second-order valence-corrected chi connectivity index (χ2v) is 6.36. The number of hydrogen-bond acceptors (Lipinski definition) is 5. The van der Waals surface area contributed by atoms with Crippen molar-refractivity contribution in [2.75, 3.05) is 12.4 Å². The first kappa shape index (κ1) is 21.0. The highest BCUT2D eigenvalue weighted by Crippen LogP contribution is 2.30. The van der Waals surface area contributed by atoms with Crippen LogP contribution in [0.1, 0.15) is 18.5 Å². The lowest BCUT2D eigenvalue weighted by atomic mass is 10.2. The van der Waals surface area contributed by atoms with Gasteiger partial charge in [-0.3, -0.25) is 14.6 Å². The Morgan fingerprint density at radius 2 is 1.83 bits per heavy atom. The molecule has 1 amide bonds. The van der Waals surface area contributed by atoms with Crippen LogP contribution in [-0.4, -0.2) is 27.8 Å². The van der Waals surface area contributed by atoms with Crippen molar-refractivity contribution in [1.82, 2.24) is 14.8 Å². The van der Waals surface area contributed by atoms with Gasteiger partial charge in [0.2, 0.25) is 5.91 Å². The van der Waals surface area contributed by atoms with Crippen LogP contribution in [0.3, 0.4) is 0 Å². The number of alkyl halides is 3. The van der Waals surface area contributed by atoms with Gasteiger partial charge in [0.05, 0.1) is 24.6 Å². The minimum absolute atomic E-state index is 0.168. The standard InChI is InChI=1S/C20H17F3N4O3/c1-12(19(29)25-15-5-3-14(4-6-15)20(21,22)23)27-18(28)8-7-17(26-27)13-9-16(30-2)11-24-10-13/h3-12H,1-2H3,(H,25,29). The number of nitrogens with one attached hydrogen (secondary N) is 1. The number of anilines is 1. The molecule has 1 N–H and O–H groups in total. The molecular weight excluding hydrogens is 401 g/mol. The molecule has 30 heavy (non-hydrogen) atoms. The molecule has 3 rings (SSSR count). The highest BCUT2D eigenvalue weighted by Gasteiger charge is 2.30. The van der Waals surface area contributed by atoms with Crippen LogP contribution in [0.15, 0.2) is 59.7 Å². The highest BCUT2D eigenvalue weighted by atomic mass is 19.4. The van der Waals surface area contributed by atoms with Gasteiger partial charge in [-0.15, -0.1) is 0 Å². The molecule has 1 aromatic carbocycles. The van der Waals surface area contributed by atoms with Crippen LogP contribution in [-0.2, 0) is 11.0 Å². The van der Waals surface area contributed by atoms with Crippen LogP contribution in [0, 0.1) is 0 Å². The van der Waals surface area contributed by atoms with E-state index in [-0.39, 0.29) is 5.69 Å². The van der Waals surface area contributed by atoms with Crippen LogP contribution in [0.25, 0.3) is 11.3 Å². The molecule has 156 valence electrons. The maximum Gasteiger partial charge on any atom is 0.416 e. The zero-order valence-electron chi connectivity index (χ0n) is 16.0. The summed E-state index contributed by atoms with van der Waals surface area (Å²) in [6.45, 7) is 1.46. The maximum atomic E-state index is 12.7. The first-order valence-corrected chi connectivity index (χ1v) is 8.76. The fraction of sp³-hybridized carbons (Fsp3) is 0.200. The predicted molar refractivity (Wildman–Crippen MR) is 103 cm³/mol. The summed E-state index contributed by atoms with van der Waals surface area (Å²) in [5.41, 5.74) is -0.189. The average molecular weight is 418 g/mol. The van der Waals surface area contributed by atoms with Crippen molar-refractivity contribution in [3.8, 4) is 17.0 Å². The molecule has 0 saturated heterocycles. The summed E-state index contributed by atoms with van der Waals surface area (Å²) in [6, 6.07) is 7.43. The van der Waals surface area contributed by atoms with Crippen molar-refractivity contribution in [1.29, 1.82) is 0 Å². The average Bonchev–Trinajstić information content (AvgIpc) is 2.73. The lowest BCUT2D eigenvalue weighted by molar-refractivity contribution is -0.137. The summed E-state index contributed by atoms with van der Waals surface area (Å²) >= 11 is 0.